The van der Waals surface area contributed by atoms with Gasteiger partial charge in [0.1, 0.15) is 27.5 Å². The van der Waals surface area contributed by atoms with Gasteiger partial charge in [-0.05, 0) is 47.1 Å². The number of aromatic nitrogens is 12. The maximum absolute atomic E-state index is 14.2. The van der Waals surface area contributed by atoms with E-state index in [0.717, 1.165) is 51.4 Å². The molecule has 0 spiro atoms. The molecule has 648 valence electrons. The molecule has 6 fully saturated rings. The quantitative estimate of drug-likeness (QED) is 0.0209. The monoisotopic (exact) mass is 1760 g/mol. The number of anilines is 6. The Morgan fingerprint density at radius 2 is 0.706 bits per heavy atom. The summed E-state index contributed by atoms with van der Waals surface area (Å²) in [7, 11) is -2.82. The molecule has 1 atom stereocenters. The molecular weight excluding hydrogens is 1670 g/mol. The van der Waals surface area contributed by atoms with Crippen molar-refractivity contribution in [2.75, 3.05) is 246 Å². The second-order valence-corrected chi connectivity index (χ2v) is 33.6. The van der Waals surface area contributed by atoms with Gasteiger partial charge in [0.15, 0.2) is 34.9 Å². The smallest absolute Gasteiger partial charge is 0.296 e. The van der Waals surface area contributed by atoms with E-state index in [1.165, 1.54) is 41.1 Å². The first kappa shape index (κ1) is 92.2. The SMILES string of the molecule is CS(=O)(=O)N1CCN(CCNc2nc(N3CCOCC3)nc(-n3c(C(F)F)nc4ccccc43)c2C=N)CC1.CS(=O)(=O)N1CCN(CCNc2nc(N3CCOCC3)nc(-n3c(C(F)F)nc4ccccc43)c2C=N)CC1.CS(=O)Cl.Cl.N=Cc1c(NCCN2CCNCC2)nc(N2CCOCC2)nc1-n1c(C(F)F)nc2ccccc21.O. The van der Waals surface area contributed by atoms with Crippen LogP contribution in [0.15, 0.2) is 72.8 Å². The van der Waals surface area contributed by atoms with Gasteiger partial charge in [0, 0.05) is 182 Å². The van der Waals surface area contributed by atoms with Crippen molar-refractivity contribution in [3.8, 4) is 17.5 Å². The Labute approximate surface area is 696 Å². The van der Waals surface area contributed by atoms with Gasteiger partial charge in [0.25, 0.3) is 19.3 Å². The van der Waals surface area contributed by atoms with Crippen LogP contribution in [-0.4, -0.2) is 343 Å². The third-order valence-corrected chi connectivity index (χ3v) is 22.6. The molecule has 0 bridgehead atoms. The second-order valence-electron chi connectivity index (χ2n) is 27.6. The van der Waals surface area contributed by atoms with E-state index < -0.39 is 66.8 Å². The first-order valence-electron chi connectivity index (χ1n) is 37.9. The lowest BCUT2D eigenvalue weighted by atomic mass is 10.2. The van der Waals surface area contributed by atoms with E-state index in [0.29, 0.717) is 238 Å². The van der Waals surface area contributed by atoms with E-state index >= 15 is 0 Å². The van der Waals surface area contributed by atoms with Gasteiger partial charge in [-0.15, -0.1) is 12.4 Å². The number of sulfonamides is 2. The van der Waals surface area contributed by atoms with E-state index in [9.17, 15) is 47.4 Å². The molecule has 0 aliphatic carbocycles. The van der Waals surface area contributed by atoms with Crippen molar-refractivity contribution in [1.29, 1.82) is 16.2 Å². The van der Waals surface area contributed by atoms with Crippen LogP contribution >= 0.6 is 23.1 Å². The van der Waals surface area contributed by atoms with E-state index in [4.69, 9.17) is 51.1 Å². The van der Waals surface area contributed by atoms with Crippen LogP contribution in [0, 0.1) is 16.2 Å². The maximum atomic E-state index is 14.2. The topological polar surface area (TPSA) is 421 Å². The molecule has 119 heavy (non-hydrogen) atoms. The number of nitrogens with one attached hydrogen (secondary N) is 7. The molecule has 0 saturated carbocycles. The molecule has 6 aromatic heterocycles. The lowest BCUT2D eigenvalue weighted by molar-refractivity contribution is 0.122. The predicted octanol–water partition coefficient (Wildman–Crippen LogP) is 5.17. The highest BCUT2D eigenvalue weighted by Crippen LogP contribution is 2.36. The van der Waals surface area contributed by atoms with E-state index in [1.807, 2.05) is 14.7 Å². The van der Waals surface area contributed by atoms with E-state index in [2.05, 4.69) is 70.9 Å². The number of piperazine rings is 3. The Morgan fingerprint density at radius 3 is 0.958 bits per heavy atom. The van der Waals surface area contributed by atoms with Crippen molar-refractivity contribution in [2.24, 2.45) is 0 Å². The van der Waals surface area contributed by atoms with E-state index in [-0.39, 0.29) is 46.5 Å². The highest BCUT2D eigenvalue weighted by molar-refractivity contribution is 8.07. The number of rotatable bonds is 26. The zero-order chi connectivity index (χ0) is 82.9. The zero-order valence-corrected chi connectivity index (χ0v) is 69.6. The number of para-hydroxylation sites is 6. The first-order chi connectivity index (χ1) is 56.4. The fourth-order valence-corrected chi connectivity index (χ4v) is 15.8. The molecule has 0 amide bonds. The van der Waals surface area contributed by atoms with Crippen LogP contribution in [0.4, 0.5) is 61.6 Å². The molecule has 47 heteroatoms. The minimum absolute atomic E-state index is 0. The van der Waals surface area contributed by atoms with Crippen LogP contribution in [0.25, 0.3) is 50.6 Å². The largest absolute Gasteiger partial charge is 0.412 e. The van der Waals surface area contributed by atoms with Gasteiger partial charge in [-0.2, -0.15) is 38.5 Å². The lowest BCUT2D eigenvalue weighted by Gasteiger charge is -2.33. The highest BCUT2D eigenvalue weighted by Gasteiger charge is 2.33. The third-order valence-electron chi connectivity index (χ3n) is 20.0. The summed E-state index contributed by atoms with van der Waals surface area (Å²) in [6, 6.07) is 20.6. The minimum Gasteiger partial charge on any atom is -0.412 e. The molecule has 9 N–H and O–H groups in total. The molecule has 1 unspecified atom stereocenters. The number of hydrogen-bond donors (Lipinski definition) is 7. The lowest BCUT2D eigenvalue weighted by Crippen LogP contribution is -2.49. The van der Waals surface area contributed by atoms with Crippen LogP contribution in [0.1, 0.15) is 53.4 Å². The number of benzene rings is 3. The Balaban J connectivity index is 0.000000182. The second kappa shape index (κ2) is 42.9. The van der Waals surface area contributed by atoms with Crippen molar-refractivity contribution in [1.82, 2.24) is 87.2 Å². The molecule has 12 heterocycles. The van der Waals surface area contributed by atoms with Crippen LogP contribution in [-0.2, 0) is 44.3 Å². The zero-order valence-electron chi connectivity index (χ0n) is 65.6. The average molecular weight is 1770 g/mol. The number of morpholine rings is 3. The Hall–Kier alpha value is -9.07. The number of halogens is 8. The molecule has 0 radical (unpaired) electrons. The maximum Gasteiger partial charge on any atom is 0.296 e. The van der Waals surface area contributed by atoms with Crippen LogP contribution in [0.5, 0.6) is 0 Å². The normalized spacial score (nSPS) is 17.2. The summed E-state index contributed by atoms with van der Waals surface area (Å²) in [6.45, 7) is 17.8. The van der Waals surface area contributed by atoms with Gasteiger partial charge in [-0.3, -0.25) is 28.4 Å². The molecule has 15 rings (SSSR count). The molecule has 9 aromatic rings. The molecule has 6 aliphatic heterocycles. The van der Waals surface area contributed by atoms with Crippen LogP contribution in [0.2, 0.25) is 0 Å². The predicted molar refractivity (Wildman–Crippen MR) is 449 cm³/mol. The Bertz CT molecular complexity index is 4940. The van der Waals surface area contributed by atoms with Gasteiger partial charge in [0.2, 0.25) is 37.9 Å². The van der Waals surface area contributed by atoms with Crippen molar-refractivity contribution in [3.05, 3.63) is 107 Å². The number of alkyl halides is 6. The summed E-state index contributed by atoms with van der Waals surface area (Å²) in [6.07, 6.45) is -1.45. The van der Waals surface area contributed by atoms with Crippen LogP contribution in [0.3, 0.4) is 0 Å². The summed E-state index contributed by atoms with van der Waals surface area (Å²) in [4.78, 5) is 53.1. The number of imidazole rings is 3. The fourth-order valence-electron chi connectivity index (χ4n) is 14.1. The van der Waals surface area contributed by atoms with Crippen molar-refractivity contribution in [3.63, 3.8) is 0 Å². The van der Waals surface area contributed by atoms with E-state index in [1.54, 1.807) is 72.8 Å². The van der Waals surface area contributed by atoms with Gasteiger partial charge < -0.3 is 71.9 Å². The molecule has 6 aliphatic rings. The summed E-state index contributed by atoms with van der Waals surface area (Å²) < 4.78 is 165. The standard InChI is InChI=1S/2C24H31F2N9O3S.C23H29F2N9O.CH3ClOS.ClH.H2O/c2*1-39(36,37)34-10-8-32(9-11-34)7-6-28-21-17(16-27)22(31-24(30-21)33-12-14-38-15-13-33)35-19-5-3-2-4-18(19)29-23(35)20(25)26;24-19(25)22-29-17-3-1-2-4-18(17)34(22)21-16(15-26)20(28-7-10-32-8-5-27-6-9-32)30-23(31-21)33-11-13-35-14-12-33;1-4(2)3;;/h2*2-5,16,20,27H,6-15H2,1H3,(H,28,30,31);1-4,15,19,26-27H,5-14H2,(H,28,30,31);1H3;1H;1H2. The third kappa shape index (κ3) is 23.2. The summed E-state index contributed by atoms with van der Waals surface area (Å²) >= 11 is 0. The highest BCUT2D eigenvalue weighted by atomic mass is 35.7. The summed E-state index contributed by atoms with van der Waals surface area (Å²) in [5.74, 6) is 1.44. The Kier molecular flexibility index (Phi) is 33.3. The molecular formula is C72H97Cl2F6N27O9S3. The fraction of sp³-hybridized carbons (Fsp3) is 0.500. The van der Waals surface area contributed by atoms with Gasteiger partial charge >= 0.3 is 0 Å². The van der Waals surface area contributed by atoms with Gasteiger partial charge in [-0.25, -0.2) is 62.3 Å². The number of ether oxygens (including phenoxy) is 3. The van der Waals surface area contributed by atoms with Gasteiger partial charge in [0.05, 0.1) is 102 Å². The molecule has 36 nitrogen and oxygen atoms in total. The van der Waals surface area contributed by atoms with Crippen molar-refractivity contribution >= 4 is 140 Å². The average Bonchev–Trinajstić information content (AvgIpc) is 1.64. The molecule has 6 saturated heterocycles. The van der Waals surface area contributed by atoms with Crippen molar-refractivity contribution in [2.45, 2.75) is 19.3 Å². The number of nitrogens with zero attached hydrogens (tertiary/aromatic N) is 20. The number of hydrogen-bond acceptors (Lipinski definition) is 30. The first-order valence-corrected chi connectivity index (χ1v) is 44.0. The minimum atomic E-state index is -3.21. The molecule has 3 aromatic carbocycles. The summed E-state index contributed by atoms with van der Waals surface area (Å²) in [5.41, 5.74) is 3.53. The summed E-state index contributed by atoms with van der Waals surface area (Å²) in [5, 5.41) is 37.7. The number of fused-ring (bicyclic) bond motifs is 3. The Morgan fingerprint density at radius 1 is 0.445 bits per heavy atom. The van der Waals surface area contributed by atoms with Crippen LogP contribution < -0.4 is 36.0 Å². The van der Waals surface area contributed by atoms with Gasteiger partial charge in [-0.1, -0.05) is 36.4 Å². The van der Waals surface area contributed by atoms with Crippen molar-refractivity contribution < 1.29 is 67.1 Å².